The van der Waals surface area contributed by atoms with Crippen LogP contribution in [0.1, 0.15) is 34.1 Å². The van der Waals surface area contributed by atoms with E-state index in [1.165, 1.54) is 0 Å². The second-order valence-electron chi connectivity index (χ2n) is 5.19. The van der Waals surface area contributed by atoms with E-state index in [-0.39, 0.29) is 0 Å². The van der Waals surface area contributed by atoms with E-state index < -0.39 is 5.97 Å². The molecule has 3 rings (SSSR count). The molecule has 114 valence electrons. The van der Waals surface area contributed by atoms with Crippen LogP contribution in [0.4, 0.5) is 0 Å². The molecule has 3 aromatic rings. The second-order valence-corrected chi connectivity index (χ2v) is 5.19. The monoisotopic (exact) mass is 304 g/mol. The number of nitrogens with zero attached hydrogens (tertiary/aromatic N) is 2. The van der Waals surface area contributed by atoms with Crippen molar-refractivity contribution in [3.63, 3.8) is 0 Å². The van der Waals surface area contributed by atoms with E-state index in [2.05, 4.69) is 9.97 Å². The van der Waals surface area contributed by atoms with Gasteiger partial charge in [0.2, 0.25) is 0 Å². The van der Waals surface area contributed by atoms with Gasteiger partial charge in [0.15, 0.2) is 5.65 Å². The van der Waals surface area contributed by atoms with Crippen LogP contribution in [-0.4, -0.2) is 21.0 Å². The number of pyridine rings is 2. The van der Waals surface area contributed by atoms with Gasteiger partial charge in [0.1, 0.15) is 0 Å². The Kier molecular flexibility index (Phi) is 4.15. The van der Waals surface area contributed by atoms with Crippen LogP contribution in [0, 0.1) is 0 Å². The topological polar surface area (TPSA) is 63.1 Å². The second kappa shape index (κ2) is 6.40. The van der Waals surface area contributed by atoms with Gasteiger partial charge in [-0.05, 0) is 54.0 Å². The number of carboxylic acids is 1. The third-order valence-electron chi connectivity index (χ3n) is 3.67. The van der Waals surface area contributed by atoms with Crippen LogP contribution in [-0.2, 0) is 6.42 Å². The van der Waals surface area contributed by atoms with Gasteiger partial charge in [-0.1, -0.05) is 25.1 Å². The summed E-state index contributed by atoms with van der Waals surface area (Å²) in [5.74, 6) is -0.889. The van der Waals surface area contributed by atoms with Crippen LogP contribution in [0.25, 0.3) is 23.2 Å². The third kappa shape index (κ3) is 3.26. The molecule has 1 N–H and O–H groups in total. The first kappa shape index (κ1) is 14.9. The van der Waals surface area contributed by atoms with Crippen LogP contribution >= 0.6 is 0 Å². The first-order chi connectivity index (χ1) is 11.2. The average Bonchev–Trinajstić information content (AvgIpc) is 2.59. The first-order valence-electron chi connectivity index (χ1n) is 7.43. The van der Waals surface area contributed by atoms with E-state index in [0.29, 0.717) is 17.6 Å². The van der Waals surface area contributed by atoms with E-state index in [9.17, 15) is 4.79 Å². The Hall–Kier alpha value is -3.01. The van der Waals surface area contributed by atoms with Crippen LogP contribution in [0.3, 0.4) is 0 Å². The zero-order valence-corrected chi connectivity index (χ0v) is 12.7. The van der Waals surface area contributed by atoms with Crippen molar-refractivity contribution >= 4 is 29.2 Å². The van der Waals surface area contributed by atoms with Gasteiger partial charge in [0, 0.05) is 11.6 Å². The van der Waals surface area contributed by atoms with Gasteiger partial charge >= 0.3 is 5.97 Å². The smallest absolute Gasteiger partial charge is 0.335 e. The van der Waals surface area contributed by atoms with Gasteiger partial charge in [-0.3, -0.25) is 0 Å². The summed E-state index contributed by atoms with van der Waals surface area (Å²) in [4.78, 5) is 19.9. The number of aromatic nitrogens is 2. The fourth-order valence-corrected chi connectivity index (χ4v) is 2.46. The van der Waals surface area contributed by atoms with Crippen molar-refractivity contribution in [2.75, 3.05) is 0 Å². The number of aryl methyl sites for hydroxylation is 1. The number of rotatable bonds is 4. The molecule has 0 bridgehead atoms. The lowest BCUT2D eigenvalue weighted by molar-refractivity contribution is 0.0695. The average molecular weight is 304 g/mol. The Bertz CT molecular complexity index is 901. The lowest BCUT2D eigenvalue weighted by Crippen LogP contribution is -2.01. The summed E-state index contributed by atoms with van der Waals surface area (Å²) in [5.41, 5.74) is 3.67. The summed E-state index contributed by atoms with van der Waals surface area (Å²) in [5, 5.41) is 10.2. The molecule has 0 aliphatic rings. The lowest BCUT2D eigenvalue weighted by atomic mass is 10.0. The largest absolute Gasteiger partial charge is 0.478 e. The zero-order valence-electron chi connectivity index (χ0n) is 12.7. The molecule has 0 radical (unpaired) electrons. The van der Waals surface area contributed by atoms with Crippen molar-refractivity contribution in [3.05, 3.63) is 71.0 Å². The Morgan fingerprint density at radius 2 is 2.04 bits per heavy atom. The highest BCUT2D eigenvalue weighted by Gasteiger charge is 2.08. The highest BCUT2D eigenvalue weighted by molar-refractivity contribution is 5.90. The molecule has 2 heterocycles. The van der Waals surface area contributed by atoms with Crippen molar-refractivity contribution in [2.24, 2.45) is 0 Å². The van der Waals surface area contributed by atoms with E-state index in [4.69, 9.17) is 5.11 Å². The zero-order chi connectivity index (χ0) is 16.2. The van der Waals surface area contributed by atoms with Crippen LogP contribution in [0.2, 0.25) is 0 Å². The SMILES string of the molecule is CCc1cc(C=Cc2ccc3cccnc3n2)ccc1C(=O)O. The number of hydrogen-bond acceptors (Lipinski definition) is 3. The summed E-state index contributed by atoms with van der Waals surface area (Å²) < 4.78 is 0. The molecule has 4 heteroatoms. The van der Waals surface area contributed by atoms with Gasteiger partial charge in [-0.2, -0.15) is 0 Å². The summed E-state index contributed by atoms with van der Waals surface area (Å²) in [6.45, 7) is 1.95. The summed E-state index contributed by atoms with van der Waals surface area (Å²) >= 11 is 0. The standard InChI is InChI=1S/C19H16N2O2/c1-2-14-12-13(6-10-17(14)19(22)23)5-8-16-9-7-15-4-3-11-20-18(15)21-16/h3-12H,2H2,1H3,(H,22,23). The molecule has 0 fully saturated rings. The van der Waals surface area contributed by atoms with Crippen molar-refractivity contribution in [1.29, 1.82) is 0 Å². The van der Waals surface area contributed by atoms with Gasteiger partial charge in [-0.25, -0.2) is 14.8 Å². The maximum atomic E-state index is 11.2. The molecule has 0 amide bonds. The molecule has 2 aromatic heterocycles. The van der Waals surface area contributed by atoms with Gasteiger partial charge in [0.25, 0.3) is 0 Å². The maximum absolute atomic E-state index is 11.2. The van der Waals surface area contributed by atoms with Crippen molar-refractivity contribution in [1.82, 2.24) is 9.97 Å². The van der Waals surface area contributed by atoms with Crippen molar-refractivity contribution in [3.8, 4) is 0 Å². The summed E-state index contributed by atoms with van der Waals surface area (Å²) in [6.07, 6.45) is 6.24. The Morgan fingerprint density at radius 1 is 1.17 bits per heavy atom. The van der Waals surface area contributed by atoms with Crippen LogP contribution in [0.15, 0.2) is 48.7 Å². The molecule has 0 spiro atoms. The number of fused-ring (bicyclic) bond motifs is 1. The normalized spacial score (nSPS) is 11.2. The van der Waals surface area contributed by atoms with Crippen molar-refractivity contribution in [2.45, 2.75) is 13.3 Å². The van der Waals surface area contributed by atoms with Gasteiger partial charge in [0.05, 0.1) is 11.3 Å². The minimum absolute atomic E-state index is 0.359. The Morgan fingerprint density at radius 3 is 2.83 bits per heavy atom. The number of carboxylic acid groups (broad SMARTS) is 1. The van der Waals surface area contributed by atoms with Gasteiger partial charge in [-0.15, -0.1) is 0 Å². The van der Waals surface area contributed by atoms with Gasteiger partial charge < -0.3 is 5.11 Å². The number of aromatic carboxylic acids is 1. The highest BCUT2D eigenvalue weighted by Crippen LogP contribution is 2.16. The molecule has 0 aliphatic heterocycles. The van der Waals surface area contributed by atoms with Crippen molar-refractivity contribution < 1.29 is 9.90 Å². The van der Waals surface area contributed by atoms with Crippen LogP contribution in [0.5, 0.6) is 0 Å². The molecule has 4 nitrogen and oxygen atoms in total. The third-order valence-corrected chi connectivity index (χ3v) is 3.67. The maximum Gasteiger partial charge on any atom is 0.335 e. The van der Waals surface area contributed by atoms with E-state index in [1.54, 1.807) is 18.3 Å². The fraction of sp³-hybridized carbons (Fsp3) is 0.105. The molecular weight excluding hydrogens is 288 g/mol. The highest BCUT2D eigenvalue weighted by atomic mass is 16.4. The Balaban J connectivity index is 1.90. The number of benzene rings is 1. The quantitative estimate of drug-likeness (QED) is 0.789. The molecular formula is C19H16N2O2. The number of carbonyl (C=O) groups is 1. The molecule has 0 saturated heterocycles. The minimum Gasteiger partial charge on any atom is -0.478 e. The molecule has 0 unspecified atom stereocenters. The number of hydrogen-bond donors (Lipinski definition) is 1. The first-order valence-corrected chi connectivity index (χ1v) is 7.43. The van der Waals surface area contributed by atoms with Crippen LogP contribution < -0.4 is 0 Å². The molecule has 23 heavy (non-hydrogen) atoms. The summed E-state index contributed by atoms with van der Waals surface area (Å²) in [6, 6.07) is 13.1. The summed E-state index contributed by atoms with van der Waals surface area (Å²) in [7, 11) is 0. The molecule has 0 atom stereocenters. The lowest BCUT2D eigenvalue weighted by Gasteiger charge is -2.04. The fourth-order valence-electron chi connectivity index (χ4n) is 2.46. The van der Waals surface area contributed by atoms with E-state index in [1.807, 2.05) is 49.4 Å². The predicted molar refractivity (Wildman–Crippen MR) is 91.2 cm³/mol. The Labute approximate surface area is 134 Å². The van der Waals surface area contributed by atoms with E-state index >= 15 is 0 Å². The van der Waals surface area contributed by atoms with E-state index in [0.717, 1.165) is 22.2 Å². The predicted octanol–water partition coefficient (Wildman–Crippen LogP) is 4.06. The molecule has 0 aliphatic carbocycles. The molecule has 0 saturated carbocycles. The minimum atomic E-state index is -0.889. The molecule has 1 aromatic carbocycles.